The van der Waals surface area contributed by atoms with Crippen LogP contribution in [-0.2, 0) is 5.66 Å². The van der Waals surface area contributed by atoms with E-state index in [0.717, 1.165) is 25.7 Å². The molecule has 2 aliphatic rings. The Morgan fingerprint density at radius 1 is 1.36 bits per heavy atom. The summed E-state index contributed by atoms with van der Waals surface area (Å²) in [7, 11) is 1.84. The quantitative estimate of drug-likeness (QED) is 0.783. The molecule has 0 bridgehead atoms. The maximum atomic E-state index is 12.5. The Morgan fingerprint density at radius 2 is 2.08 bits per heavy atom. The van der Waals surface area contributed by atoms with Crippen molar-refractivity contribution < 1.29 is 4.79 Å². The lowest BCUT2D eigenvalue weighted by atomic mass is 10.1. The molecule has 9 heteroatoms. The van der Waals surface area contributed by atoms with Crippen LogP contribution in [0.2, 0.25) is 5.02 Å². The number of nitrogen functional groups attached to an aromatic ring is 1. The van der Waals surface area contributed by atoms with Crippen LogP contribution in [0, 0.1) is 4.64 Å². The fraction of sp³-hybridized carbons (Fsp3) is 0.375. The zero-order valence-corrected chi connectivity index (χ0v) is 15.2. The Balaban J connectivity index is 1.91. The Bertz CT molecular complexity index is 937. The van der Waals surface area contributed by atoms with Crippen LogP contribution in [-0.4, -0.2) is 27.5 Å². The molecule has 0 unspecified atom stereocenters. The third-order valence-electron chi connectivity index (χ3n) is 4.93. The molecule has 2 aromatic heterocycles. The van der Waals surface area contributed by atoms with Crippen molar-refractivity contribution >= 4 is 47.0 Å². The second-order valence-corrected chi connectivity index (χ2v) is 7.21. The van der Waals surface area contributed by atoms with Gasteiger partial charge in [0.2, 0.25) is 0 Å². The Labute approximate surface area is 154 Å². The molecule has 1 aliphatic carbocycles. The average Bonchev–Trinajstić information content (AvgIpc) is 3.15. The van der Waals surface area contributed by atoms with E-state index in [1.807, 2.05) is 16.5 Å². The summed E-state index contributed by atoms with van der Waals surface area (Å²) in [5.74, 6) is 0.804. The summed E-state index contributed by atoms with van der Waals surface area (Å²) in [5.41, 5.74) is 6.43. The lowest BCUT2D eigenvalue weighted by molar-refractivity contribution is 0.0921. The Kier molecular flexibility index (Phi) is 3.69. The van der Waals surface area contributed by atoms with Gasteiger partial charge in [-0.15, -0.1) is 0 Å². The Hall–Kier alpha value is -2.19. The van der Waals surface area contributed by atoms with Crippen molar-refractivity contribution in [3.05, 3.63) is 33.8 Å². The number of halogens is 1. The van der Waals surface area contributed by atoms with Crippen molar-refractivity contribution in [3.8, 4) is 0 Å². The molecule has 1 spiro atoms. The van der Waals surface area contributed by atoms with E-state index in [-0.39, 0.29) is 5.91 Å². The van der Waals surface area contributed by atoms with Gasteiger partial charge in [0.25, 0.3) is 5.91 Å². The molecule has 4 rings (SSSR count). The largest absolute Gasteiger partial charge is 0.384 e. The predicted octanol–water partition coefficient (Wildman–Crippen LogP) is 2.98. The van der Waals surface area contributed by atoms with E-state index in [1.54, 1.807) is 12.1 Å². The first-order valence-corrected chi connectivity index (χ1v) is 8.81. The highest BCUT2D eigenvalue weighted by molar-refractivity contribution is 7.71. The van der Waals surface area contributed by atoms with Gasteiger partial charge in [-0.1, -0.05) is 23.8 Å². The lowest BCUT2D eigenvalue weighted by Crippen LogP contribution is -2.40. The Morgan fingerprint density at radius 3 is 2.76 bits per heavy atom. The van der Waals surface area contributed by atoms with Gasteiger partial charge in [-0.05, 0) is 31.7 Å². The molecule has 1 fully saturated rings. The SMILES string of the molecule is CN(c1cc(N)ncn1)c1cc(Cl)c2n(c1=S)C1(CCCC1)NC2=O. The van der Waals surface area contributed by atoms with E-state index < -0.39 is 5.66 Å². The van der Waals surface area contributed by atoms with Crippen molar-refractivity contribution in [1.82, 2.24) is 19.9 Å². The second-order valence-electron chi connectivity index (χ2n) is 6.42. The number of amides is 1. The van der Waals surface area contributed by atoms with Crippen molar-refractivity contribution in [2.45, 2.75) is 31.3 Å². The predicted molar refractivity (Wildman–Crippen MR) is 98.7 cm³/mol. The molecule has 3 heterocycles. The van der Waals surface area contributed by atoms with Crippen molar-refractivity contribution in [2.75, 3.05) is 17.7 Å². The average molecular weight is 377 g/mol. The number of nitrogens with one attached hydrogen (secondary N) is 1. The van der Waals surface area contributed by atoms with E-state index >= 15 is 0 Å². The highest BCUT2D eigenvalue weighted by atomic mass is 35.5. The van der Waals surface area contributed by atoms with Gasteiger partial charge in [-0.25, -0.2) is 9.97 Å². The van der Waals surface area contributed by atoms with E-state index in [2.05, 4.69) is 15.3 Å². The van der Waals surface area contributed by atoms with Gasteiger partial charge >= 0.3 is 0 Å². The molecule has 3 N–H and O–H groups in total. The molecule has 130 valence electrons. The van der Waals surface area contributed by atoms with Gasteiger partial charge in [0.15, 0.2) is 0 Å². The summed E-state index contributed by atoms with van der Waals surface area (Å²) in [4.78, 5) is 22.4. The first kappa shape index (κ1) is 16.3. The summed E-state index contributed by atoms with van der Waals surface area (Å²) in [6.07, 6.45) is 5.19. The minimum atomic E-state index is -0.464. The van der Waals surface area contributed by atoms with Crippen molar-refractivity contribution in [2.24, 2.45) is 0 Å². The van der Waals surface area contributed by atoms with Gasteiger partial charge < -0.3 is 20.5 Å². The minimum absolute atomic E-state index is 0.168. The van der Waals surface area contributed by atoms with Gasteiger partial charge in [0, 0.05) is 13.1 Å². The molecule has 1 amide bonds. The van der Waals surface area contributed by atoms with E-state index in [4.69, 9.17) is 29.6 Å². The summed E-state index contributed by atoms with van der Waals surface area (Å²) >= 11 is 12.2. The zero-order valence-electron chi connectivity index (χ0n) is 13.6. The van der Waals surface area contributed by atoms with Gasteiger partial charge in [-0.3, -0.25) is 4.79 Å². The third-order valence-corrected chi connectivity index (χ3v) is 5.61. The third kappa shape index (κ3) is 2.39. The van der Waals surface area contributed by atoms with Crippen LogP contribution in [0.4, 0.5) is 17.3 Å². The summed E-state index contributed by atoms with van der Waals surface area (Å²) < 4.78 is 2.45. The summed E-state index contributed by atoms with van der Waals surface area (Å²) in [5, 5.41) is 3.47. The van der Waals surface area contributed by atoms with Crippen LogP contribution in [0.15, 0.2) is 18.5 Å². The normalized spacial score (nSPS) is 17.6. The lowest BCUT2D eigenvalue weighted by Gasteiger charge is -2.29. The molecule has 7 nitrogen and oxygen atoms in total. The maximum Gasteiger partial charge on any atom is 0.271 e. The first-order chi connectivity index (χ1) is 11.9. The highest BCUT2D eigenvalue weighted by Gasteiger charge is 2.46. The smallest absolute Gasteiger partial charge is 0.271 e. The molecule has 0 aromatic carbocycles. The molecule has 1 aliphatic heterocycles. The van der Waals surface area contributed by atoms with Crippen LogP contribution < -0.4 is 16.0 Å². The topological polar surface area (TPSA) is 89.1 Å². The van der Waals surface area contributed by atoms with E-state index in [9.17, 15) is 4.79 Å². The maximum absolute atomic E-state index is 12.5. The second kappa shape index (κ2) is 5.67. The number of hydrogen-bond donors (Lipinski definition) is 2. The fourth-order valence-corrected chi connectivity index (χ4v) is 4.47. The number of rotatable bonds is 2. The number of fused-ring (bicyclic) bond motifs is 2. The molecule has 1 saturated carbocycles. The number of anilines is 3. The molecular weight excluding hydrogens is 360 g/mol. The molecule has 0 radical (unpaired) electrons. The van der Waals surface area contributed by atoms with Crippen molar-refractivity contribution in [3.63, 3.8) is 0 Å². The summed E-state index contributed by atoms with van der Waals surface area (Å²) in [6, 6.07) is 3.37. The first-order valence-electron chi connectivity index (χ1n) is 8.03. The van der Waals surface area contributed by atoms with Gasteiger partial charge in [0.1, 0.15) is 34.0 Å². The number of nitrogens with zero attached hydrogens (tertiary/aromatic N) is 4. The molecular formula is C16H17ClN6OS. The number of hydrogen-bond acceptors (Lipinski definition) is 6. The fourth-order valence-electron chi connectivity index (χ4n) is 3.73. The number of carbonyl (C=O) groups excluding carboxylic acids is 1. The zero-order chi connectivity index (χ0) is 17.8. The van der Waals surface area contributed by atoms with Crippen LogP contribution in [0.25, 0.3) is 0 Å². The van der Waals surface area contributed by atoms with Crippen LogP contribution >= 0.6 is 23.8 Å². The molecule has 25 heavy (non-hydrogen) atoms. The number of nitrogens with two attached hydrogens (primary N) is 1. The van der Waals surface area contributed by atoms with Crippen molar-refractivity contribution in [1.29, 1.82) is 0 Å². The summed E-state index contributed by atoms with van der Waals surface area (Å²) in [6.45, 7) is 0. The van der Waals surface area contributed by atoms with Gasteiger partial charge in [-0.2, -0.15) is 0 Å². The molecule has 2 aromatic rings. The monoisotopic (exact) mass is 376 g/mol. The number of aromatic nitrogens is 3. The molecule has 0 saturated heterocycles. The van der Waals surface area contributed by atoms with Crippen LogP contribution in [0.3, 0.4) is 0 Å². The van der Waals surface area contributed by atoms with E-state index in [1.165, 1.54) is 6.33 Å². The van der Waals surface area contributed by atoms with Gasteiger partial charge in [0.05, 0.1) is 10.7 Å². The number of carbonyl (C=O) groups is 1. The number of pyridine rings is 1. The molecule has 0 atom stereocenters. The van der Waals surface area contributed by atoms with E-state index in [0.29, 0.717) is 32.7 Å². The highest BCUT2D eigenvalue weighted by Crippen LogP contribution is 2.43. The van der Waals surface area contributed by atoms with Crippen LogP contribution in [0.5, 0.6) is 0 Å². The minimum Gasteiger partial charge on any atom is -0.384 e. The van der Waals surface area contributed by atoms with Crippen LogP contribution in [0.1, 0.15) is 36.2 Å². The standard InChI is InChI=1S/C16H17ClN6OS/c1-22(12-7-11(18)19-8-20-12)10-6-9(17)13-14(24)21-16(4-2-3-5-16)23(13)15(10)25/h6-8H,2-5H2,1H3,(H,21,24)(H2,18,19,20).